The zero-order valence-electron chi connectivity index (χ0n) is 14.5. The molecule has 0 saturated carbocycles. The van der Waals surface area contributed by atoms with Crippen molar-refractivity contribution in [2.45, 2.75) is 23.4 Å². The van der Waals surface area contributed by atoms with Crippen LogP contribution in [0.5, 0.6) is 0 Å². The van der Waals surface area contributed by atoms with E-state index in [4.69, 9.17) is 23.2 Å². The molecule has 3 rings (SSSR count). The highest BCUT2D eigenvalue weighted by Crippen LogP contribution is 2.32. The standard InChI is InChI=1S/C18H16Cl2N4OS2/c1-10-5-3-4-6-14(10)22-17-23-24-18(27-17)26-11(2)16(25)21-15-9-12(19)7-8-13(15)20/h3-9,11H,1-2H3,(H,21,25)(H,22,23). The van der Waals surface area contributed by atoms with Crippen molar-refractivity contribution >= 4 is 68.7 Å². The molecular formula is C18H16Cl2N4OS2. The van der Waals surface area contributed by atoms with E-state index < -0.39 is 0 Å². The Morgan fingerprint density at radius 2 is 1.93 bits per heavy atom. The molecule has 1 heterocycles. The number of hydrogen-bond acceptors (Lipinski definition) is 6. The van der Waals surface area contributed by atoms with E-state index in [0.717, 1.165) is 11.3 Å². The molecule has 1 amide bonds. The molecule has 2 N–H and O–H groups in total. The predicted octanol–water partition coefficient (Wildman–Crippen LogP) is 6.02. The van der Waals surface area contributed by atoms with E-state index in [-0.39, 0.29) is 11.2 Å². The van der Waals surface area contributed by atoms with Gasteiger partial charge in [-0.25, -0.2) is 0 Å². The van der Waals surface area contributed by atoms with Crippen LogP contribution in [0, 0.1) is 6.92 Å². The maximum Gasteiger partial charge on any atom is 0.237 e. The molecular weight excluding hydrogens is 423 g/mol. The fraction of sp³-hybridized carbons (Fsp3) is 0.167. The number of anilines is 3. The summed E-state index contributed by atoms with van der Waals surface area (Å²) in [5, 5.41) is 15.6. The summed E-state index contributed by atoms with van der Waals surface area (Å²) in [6.07, 6.45) is 0. The first-order valence-electron chi connectivity index (χ1n) is 8.01. The molecule has 0 aliphatic rings. The number of carbonyl (C=O) groups is 1. The first kappa shape index (κ1) is 19.9. The first-order valence-corrected chi connectivity index (χ1v) is 10.5. The van der Waals surface area contributed by atoms with Gasteiger partial charge in [-0.05, 0) is 43.7 Å². The molecule has 1 aromatic heterocycles. The topological polar surface area (TPSA) is 66.9 Å². The van der Waals surface area contributed by atoms with Gasteiger partial charge >= 0.3 is 0 Å². The number of nitrogens with one attached hydrogen (secondary N) is 2. The number of aryl methyl sites for hydroxylation is 1. The first-order chi connectivity index (χ1) is 12.9. The van der Waals surface area contributed by atoms with Crippen molar-refractivity contribution in [3.8, 4) is 0 Å². The van der Waals surface area contributed by atoms with Crippen molar-refractivity contribution in [2.24, 2.45) is 0 Å². The highest BCUT2D eigenvalue weighted by Gasteiger charge is 2.18. The molecule has 2 aromatic carbocycles. The summed E-state index contributed by atoms with van der Waals surface area (Å²) < 4.78 is 0.700. The highest BCUT2D eigenvalue weighted by molar-refractivity contribution is 8.02. The average Bonchev–Trinajstić information content (AvgIpc) is 3.07. The summed E-state index contributed by atoms with van der Waals surface area (Å²) in [6.45, 7) is 3.82. The molecule has 0 fully saturated rings. The van der Waals surface area contributed by atoms with Crippen molar-refractivity contribution in [1.82, 2.24) is 10.2 Å². The Morgan fingerprint density at radius 3 is 2.70 bits per heavy atom. The quantitative estimate of drug-likeness (QED) is 0.460. The number of nitrogens with zero attached hydrogens (tertiary/aromatic N) is 2. The van der Waals surface area contributed by atoms with Crippen LogP contribution in [0.3, 0.4) is 0 Å². The molecule has 140 valence electrons. The van der Waals surface area contributed by atoms with Crippen molar-refractivity contribution in [3.63, 3.8) is 0 Å². The van der Waals surface area contributed by atoms with E-state index in [1.54, 1.807) is 25.1 Å². The minimum Gasteiger partial charge on any atom is -0.330 e. The minimum absolute atomic E-state index is 0.187. The molecule has 5 nitrogen and oxygen atoms in total. The van der Waals surface area contributed by atoms with Crippen LogP contribution in [-0.2, 0) is 4.79 Å². The van der Waals surface area contributed by atoms with Crippen molar-refractivity contribution in [2.75, 3.05) is 10.6 Å². The lowest BCUT2D eigenvalue weighted by molar-refractivity contribution is -0.115. The molecule has 27 heavy (non-hydrogen) atoms. The van der Waals surface area contributed by atoms with E-state index in [2.05, 4.69) is 20.8 Å². The van der Waals surface area contributed by atoms with Crippen LogP contribution in [0.4, 0.5) is 16.5 Å². The van der Waals surface area contributed by atoms with Crippen LogP contribution < -0.4 is 10.6 Å². The molecule has 1 unspecified atom stereocenters. The monoisotopic (exact) mass is 438 g/mol. The second-order valence-corrected chi connectivity index (χ2v) is 9.10. The second kappa shape index (κ2) is 8.93. The Balaban J connectivity index is 1.62. The Hall–Kier alpha value is -1.80. The Morgan fingerprint density at radius 1 is 1.15 bits per heavy atom. The maximum absolute atomic E-state index is 12.4. The molecule has 0 bridgehead atoms. The van der Waals surface area contributed by atoms with Gasteiger partial charge in [0.05, 0.1) is 16.0 Å². The van der Waals surface area contributed by atoms with Crippen LogP contribution >= 0.6 is 46.3 Å². The van der Waals surface area contributed by atoms with E-state index in [0.29, 0.717) is 25.2 Å². The van der Waals surface area contributed by atoms with Crippen LogP contribution in [0.25, 0.3) is 0 Å². The number of para-hydroxylation sites is 1. The van der Waals surface area contributed by atoms with E-state index in [9.17, 15) is 4.79 Å². The van der Waals surface area contributed by atoms with Gasteiger partial charge in [-0.3, -0.25) is 4.79 Å². The molecule has 0 saturated heterocycles. The van der Waals surface area contributed by atoms with Gasteiger partial charge in [-0.15, -0.1) is 10.2 Å². The third-order valence-corrected chi connectivity index (χ3v) is 6.21. The zero-order valence-corrected chi connectivity index (χ0v) is 17.6. The molecule has 9 heteroatoms. The third-order valence-electron chi connectivity index (χ3n) is 3.63. The normalized spacial score (nSPS) is 11.9. The largest absolute Gasteiger partial charge is 0.330 e. The molecule has 1 atom stereocenters. The highest BCUT2D eigenvalue weighted by atomic mass is 35.5. The number of hydrogen-bond donors (Lipinski definition) is 2. The maximum atomic E-state index is 12.4. The zero-order chi connectivity index (χ0) is 19.4. The van der Waals surface area contributed by atoms with Gasteiger partial charge in [-0.2, -0.15) is 0 Å². The Kier molecular flexibility index (Phi) is 6.59. The van der Waals surface area contributed by atoms with Gasteiger partial charge in [0.2, 0.25) is 11.0 Å². The molecule has 0 aliphatic heterocycles. The number of rotatable bonds is 6. The van der Waals surface area contributed by atoms with Crippen molar-refractivity contribution in [1.29, 1.82) is 0 Å². The van der Waals surface area contributed by atoms with Crippen molar-refractivity contribution in [3.05, 3.63) is 58.1 Å². The average molecular weight is 439 g/mol. The van der Waals surface area contributed by atoms with Crippen LogP contribution in [0.15, 0.2) is 46.8 Å². The van der Waals surface area contributed by atoms with Crippen LogP contribution in [0.2, 0.25) is 10.0 Å². The lowest BCUT2D eigenvalue weighted by Crippen LogP contribution is -2.22. The van der Waals surface area contributed by atoms with Crippen molar-refractivity contribution < 1.29 is 4.79 Å². The lowest BCUT2D eigenvalue weighted by atomic mass is 10.2. The van der Waals surface area contributed by atoms with Crippen LogP contribution in [-0.4, -0.2) is 21.4 Å². The fourth-order valence-corrected chi connectivity index (χ4v) is 4.41. The number of amides is 1. The van der Waals surface area contributed by atoms with E-state index in [1.807, 2.05) is 31.2 Å². The number of aromatic nitrogens is 2. The summed E-state index contributed by atoms with van der Waals surface area (Å²) in [7, 11) is 0. The summed E-state index contributed by atoms with van der Waals surface area (Å²) in [6, 6.07) is 12.9. The summed E-state index contributed by atoms with van der Waals surface area (Å²) in [4.78, 5) is 12.4. The van der Waals surface area contributed by atoms with Gasteiger partial charge in [0.25, 0.3) is 0 Å². The Bertz CT molecular complexity index is 964. The lowest BCUT2D eigenvalue weighted by Gasteiger charge is -2.11. The predicted molar refractivity (Wildman–Crippen MR) is 115 cm³/mol. The van der Waals surface area contributed by atoms with E-state index >= 15 is 0 Å². The van der Waals surface area contributed by atoms with Gasteiger partial charge in [0.1, 0.15) is 0 Å². The van der Waals surface area contributed by atoms with Gasteiger partial charge in [0, 0.05) is 10.7 Å². The summed E-state index contributed by atoms with van der Waals surface area (Å²) >= 11 is 14.8. The minimum atomic E-state index is -0.376. The molecule has 0 spiro atoms. The number of halogens is 2. The van der Waals surface area contributed by atoms with Gasteiger partial charge in [0.15, 0.2) is 4.34 Å². The third kappa shape index (κ3) is 5.35. The molecule has 0 radical (unpaired) electrons. The fourth-order valence-electron chi connectivity index (χ4n) is 2.17. The summed E-state index contributed by atoms with van der Waals surface area (Å²) in [5.41, 5.74) is 2.58. The number of carbonyl (C=O) groups excluding carboxylic acids is 1. The molecule has 3 aromatic rings. The smallest absolute Gasteiger partial charge is 0.237 e. The van der Waals surface area contributed by atoms with Crippen LogP contribution in [0.1, 0.15) is 12.5 Å². The number of benzene rings is 2. The number of thioether (sulfide) groups is 1. The SMILES string of the molecule is Cc1ccccc1Nc1nnc(SC(C)C(=O)Nc2cc(Cl)ccc2Cl)s1. The van der Waals surface area contributed by atoms with Gasteiger partial charge in [-0.1, -0.05) is 64.5 Å². The van der Waals surface area contributed by atoms with E-state index in [1.165, 1.54) is 23.1 Å². The van der Waals surface area contributed by atoms with Gasteiger partial charge < -0.3 is 10.6 Å². The molecule has 0 aliphatic carbocycles. The Labute approximate surface area is 175 Å². The summed E-state index contributed by atoms with van der Waals surface area (Å²) in [5.74, 6) is -0.187. The second-order valence-electron chi connectivity index (χ2n) is 5.69.